The third kappa shape index (κ3) is 3.31. The van der Waals surface area contributed by atoms with E-state index < -0.39 is 0 Å². The third-order valence-electron chi connectivity index (χ3n) is 1.81. The van der Waals surface area contributed by atoms with Gasteiger partial charge in [0.15, 0.2) is 0 Å². The predicted molar refractivity (Wildman–Crippen MR) is 57.4 cm³/mol. The molecule has 4 nitrogen and oxygen atoms in total. The van der Waals surface area contributed by atoms with Crippen LogP contribution < -0.4 is 10.9 Å². The van der Waals surface area contributed by atoms with Gasteiger partial charge in [-0.05, 0) is 13.0 Å². The zero-order valence-corrected chi connectivity index (χ0v) is 8.41. The van der Waals surface area contributed by atoms with Gasteiger partial charge in [0, 0.05) is 18.5 Å². The van der Waals surface area contributed by atoms with E-state index in [9.17, 15) is 9.59 Å². The summed E-state index contributed by atoms with van der Waals surface area (Å²) in [5.74, 6) is 2.13. The van der Waals surface area contributed by atoms with E-state index in [4.69, 9.17) is 6.42 Å². The Morgan fingerprint density at radius 3 is 3.00 bits per heavy atom. The van der Waals surface area contributed by atoms with Crippen LogP contribution in [-0.2, 0) is 0 Å². The van der Waals surface area contributed by atoms with Crippen LogP contribution in [0.5, 0.6) is 0 Å². The van der Waals surface area contributed by atoms with Gasteiger partial charge in [0.1, 0.15) is 5.69 Å². The van der Waals surface area contributed by atoms with Crippen molar-refractivity contribution in [3.05, 3.63) is 34.2 Å². The molecule has 1 rings (SSSR count). The lowest BCUT2D eigenvalue weighted by Crippen LogP contribution is -2.33. The number of amides is 1. The van der Waals surface area contributed by atoms with E-state index in [1.54, 1.807) is 13.0 Å². The SMILES string of the molecule is C#CCC(C)NC(=O)c1cccc(=O)[nH]1. The van der Waals surface area contributed by atoms with Crippen LogP contribution >= 0.6 is 0 Å². The maximum atomic E-state index is 11.5. The quantitative estimate of drug-likeness (QED) is 0.705. The molecule has 1 atom stereocenters. The fourth-order valence-corrected chi connectivity index (χ4v) is 1.11. The Kier molecular flexibility index (Phi) is 3.69. The number of H-pyrrole nitrogens is 1. The lowest BCUT2D eigenvalue weighted by Gasteiger charge is -2.10. The van der Waals surface area contributed by atoms with Gasteiger partial charge in [-0.2, -0.15) is 0 Å². The van der Waals surface area contributed by atoms with Crippen LogP contribution in [0.3, 0.4) is 0 Å². The van der Waals surface area contributed by atoms with Crippen LogP contribution in [0.25, 0.3) is 0 Å². The molecule has 4 heteroatoms. The maximum Gasteiger partial charge on any atom is 0.268 e. The number of nitrogens with one attached hydrogen (secondary N) is 2. The van der Waals surface area contributed by atoms with Crippen LogP contribution in [0, 0.1) is 12.3 Å². The molecule has 0 aliphatic carbocycles. The van der Waals surface area contributed by atoms with Crippen molar-refractivity contribution in [1.29, 1.82) is 0 Å². The summed E-state index contributed by atoms with van der Waals surface area (Å²) in [6.07, 6.45) is 5.57. The van der Waals surface area contributed by atoms with Crippen molar-refractivity contribution < 1.29 is 4.79 Å². The standard InChI is InChI=1S/C11H12N2O2/c1-3-5-8(2)12-11(15)9-6-4-7-10(14)13-9/h1,4,6-8H,5H2,2H3,(H,12,15)(H,13,14). The third-order valence-corrected chi connectivity index (χ3v) is 1.81. The molecule has 0 saturated heterocycles. The molecule has 0 radical (unpaired) electrons. The highest BCUT2D eigenvalue weighted by molar-refractivity contribution is 5.92. The predicted octanol–water partition coefficient (Wildman–Crippen LogP) is 0.517. The molecular formula is C11H12N2O2. The van der Waals surface area contributed by atoms with E-state index in [1.165, 1.54) is 12.1 Å². The van der Waals surface area contributed by atoms with Crippen molar-refractivity contribution in [1.82, 2.24) is 10.3 Å². The lowest BCUT2D eigenvalue weighted by molar-refractivity contribution is 0.0935. The van der Waals surface area contributed by atoms with Gasteiger partial charge in [-0.1, -0.05) is 6.07 Å². The number of hydrogen-bond acceptors (Lipinski definition) is 2. The highest BCUT2D eigenvalue weighted by Crippen LogP contribution is 1.94. The lowest BCUT2D eigenvalue weighted by atomic mass is 10.2. The Balaban J connectivity index is 2.70. The normalized spacial score (nSPS) is 11.5. The molecule has 0 aliphatic heterocycles. The van der Waals surface area contributed by atoms with Crippen molar-refractivity contribution in [2.24, 2.45) is 0 Å². The van der Waals surface area contributed by atoms with Gasteiger partial charge < -0.3 is 10.3 Å². The molecule has 1 amide bonds. The molecule has 0 saturated carbocycles. The van der Waals surface area contributed by atoms with Gasteiger partial charge >= 0.3 is 0 Å². The first kappa shape index (κ1) is 11.1. The highest BCUT2D eigenvalue weighted by Gasteiger charge is 2.08. The van der Waals surface area contributed by atoms with Crippen LogP contribution in [0.4, 0.5) is 0 Å². The largest absolute Gasteiger partial charge is 0.347 e. The summed E-state index contributed by atoms with van der Waals surface area (Å²) < 4.78 is 0. The second-order valence-electron chi connectivity index (χ2n) is 3.21. The monoisotopic (exact) mass is 204 g/mol. The molecule has 0 spiro atoms. The van der Waals surface area contributed by atoms with Crippen LogP contribution in [0.2, 0.25) is 0 Å². The van der Waals surface area contributed by atoms with Crippen molar-refractivity contribution in [2.75, 3.05) is 0 Å². The van der Waals surface area contributed by atoms with E-state index in [-0.39, 0.29) is 23.2 Å². The molecule has 0 aliphatic rings. The number of aromatic nitrogens is 1. The number of terminal acetylenes is 1. The van der Waals surface area contributed by atoms with Crippen LogP contribution in [-0.4, -0.2) is 16.9 Å². The molecule has 0 bridgehead atoms. The van der Waals surface area contributed by atoms with Crippen molar-refractivity contribution >= 4 is 5.91 Å². The Hall–Kier alpha value is -2.02. The molecular weight excluding hydrogens is 192 g/mol. The topological polar surface area (TPSA) is 62.0 Å². The Morgan fingerprint density at radius 1 is 1.67 bits per heavy atom. The van der Waals surface area contributed by atoms with Crippen LogP contribution in [0.1, 0.15) is 23.8 Å². The first-order chi connectivity index (χ1) is 7.13. The zero-order chi connectivity index (χ0) is 11.3. The van der Waals surface area contributed by atoms with E-state index in [2.05, 4.69) is 16.2 Å². The molecule has 1 heterocycles. The van der Waals surface area contributed by atoms with Crippen LogP contribution in [0.15, 0.2) is 23.0 Å². The smallest absolute Gasteiger partial charge is 0.268 e. The summed E-state index contributed by atoms with van der Waals surface area (Å²) in [6.45, 7) is 1.80. The number of rotatable bonds is 3. The van der Waals surface area contributed by atoms with Gasteiger partial charge in [-0.15, -0.1) is 12.3 Å². The maximum absolute atomic E-state index is 11.5. The second kappa shape index (κ2) is 5.01. The molecule has 1 aromatic heterocycles. The van der Waals surface area contributed by atoms with Crippen molar-refractivity contribution in [3.8, 4) is 12.3 Å². The Bertz CT molecular complexity index is 442. The number of pyridine rings is 1. The minimum absolute atomic E-state index is 0.105. The van der Waals surface area contributed by atoms with Gasteiger partial charge in [0.05, 0.1) is 0 Å². The van der Waals surface area contributed by atoms with E-state index in [0.29, 0.717) is 6.42 Å². The van der Waals surface area contributed by atoms with E-state index in [1.807, 2.05) is 0 Å². The fourth-order valence-electron chi connectivity index (χ4n) is 1.11. The summed E-state index contributed by atoms with van der Waals surface area (Å²) in [5.41, 5.74) is -0.0568. The Morgan fingerprint density at radius 2 is 2.40 bits per heavy atom. The summed E-state index contributed by atoms with van der Waals surface area (Å²) in [5, 5.41) is 2.67. The van der Waals surface area contributed by atoms with Crippen molar-refractivity contribution in [2.45, 2.75) is 19.4 Å². The fraction of sp³-hybridized carbons (Fsp3) is 0.273. The Labute approximate surface area is 87.7 Å². The molecule has 15 heavy (non-hydrogen) atoms. The number of carbonyl (C=O) groups is 1. The highest BCUT2D eigenvalue weighted by atomic mass is 16.2. The number of aromatic amines is 1. The summed E-state index contributed by atoms with van der Waals surface area (Å²) in [6, 6.07) is 4.31. The first-order valence-electron chi connectivity index (χ1n) is 4.57. The van der Waals surface area contributed by atoms with Gasteiger partial charge in [-0.25, -0.2) is 0 Å². The minimum Gasteiger partial charge on any atom is -0.347 e. The molecule has 0 aromatic carbocycles. The van der Waals surface area contributed by atoms with Crippen molar-refractivity contribution in [3.63, 3.8) is 0 Å². The molecule has 0 fully saturated rings. The van der Waals surface area contributed by atoms with E-state index >= 15 is 0 Å². The van der Waals surface area contributed by atoms with Gasteiger partial charge in [0.2, 0.25) is 5.56 Å². The van der Waals surface area contributed by atoms with Gasteiger partial charge in [-0.3, -0.25) is 9.59 Å². The zero-order valence-electron chi connectivity index (χ0n) is 8.41. The summed E-state index contributed by atoms with van der Waals surface area (Å²) in [7, 11) is 0. The average molecular weight is 204 g/mol. The molecule has 1 aromatic rings. The van der Waals surface area contributed by atoms with Gasteiger partial charge in [0.25, 0.3) is 5.91 Å². The summed E-state index contributed by atoms with van der Waals surface area (Å²) in [4.78, 5) is 24.9. The average Bonchev–Trinajstić information content (AvgIpc) is 2.18. The first-order valence-corrected chi connectivity index (χ1v) is 4.57. The second-order valence-corrected chi connectivity index (χ2v) is 3.21. The summed E-state index contributed by atoms with van der Waals surface area (Å²) >= 11 is 0. The molecule has 78 valence electrons. The number of carbonyl (C=O) groups excluding carboxylic acids is 1. The minimum atomic E-state index is -0.324. The molecule has 1 unspecified atom stereocenters. The number of hydrogen-bond donors (Lipinski definition) is 2. The van der Waals surface area contributed by atoms with E-state index in [0.717, 1.165) is 0 Å². The molecule has 2 N–H and O–H groups in total.